The molecule has 0 saturated carbocycles. The summed E-state index contributed by atoms with van der Waals surface area (Å²) in [5.74, 6) is 0.0428. The summed E-state index contributed by atoms with van der Waals surface area (Å²) in [7, 11) is 0. The highest BCUT2D eigenvalue weighted by Gasteiger charge is 2.20. The van der Waals surface area contributed by atoms with Crippen molar-refractivity contribution < 1.29 is 4.79 Å². The molecule has 19 heavy (non-hydrogen) atoms. The SMILES string of the molecule is CCCCC(CC)Nc1cc2c(cc1Cl)NC(=O)C2. The van der Waals surface area contributed by atoms with E-state index in [-0.39, 0.29) is 5.91 Å². The van der Waals surface area contributed by atoms with E-state index in [1.165, 1.54) is 12.8 Å². The van der Waals surface area contributed by atoms with Crippen molar-refractivity contribution in [3.05, 3.63) is 22.7 Å². The largest absolute Gasteiger partial charge is 0.381 e. The second-order valence-corrected chi connectivity index (χ2v) is 5.51. The number of anilines is 2. The third kappa shape index (κ3) is 3.41. The fraction of sp³-hybridized carbons (Fsp3) is 0.533. The van der Waals surface area contributed by atoms with Crippen molar-refractivity contribution in [1.82, 2.24) is 0 Å². The van der Waals surface area contributed by atoms with E-state index >= 15 is 0 Å². The predicted octanol–water partition coefficient (Wildman–Crippen LogP) is 4.22. The Labute approximate surface area is 119 Å². The number of benzene rings is 1. The summed E-state index contributed by atoms with van der Waals surface area (Å²) in [5.41, 5.74) is 2.82. The smallest absolute Gasteiger partial charge is 0.228 e. The van der Waals surface area contributed by atoms with Gasteiger partial charge in [0.1, 0.15) is 0 Å². The number of nitrogens with one attached hydrogen (secondary N) is 2. The summed E-state index contributed by atoms with van der Waals surface area (Å²) in [5, 5.41) is 7.00. The molecule has 0 radical (unpaired) electrons. The van der Waals surface area contributed by atoms with Crippen LogP contribution in [0.4, 0.5) is 11.4 Å². The molecule has 1 aliphatic rings. The molecule has 1 amide bonds. The summed E-state index contributed by atoms with van der Waals surface area (Å²) in [6.45, 7) is 4.38. The molecule has 0 spiro atoms. The average molecular weight is 281 g/mol. The molecule has 1 aromatic carbocycles. The molecule has 1 heterocycles. The second kappa shape index (κ2) is 6.29. The zero-order valence-electron chi connectivity index (χ0n) is 11.6. The minimum Gasteiger partial charge on any atom is -0.381 e. The Morgan fingerprint density at radius 1 is 1.42 bits per heavy atom. The third-order valence-corrected chi connectivity index (χ3v) is 3.89. The molecule has 1 aliphatic heterocycles. The Kier molecular flexibility index (Phi) is 4.70. The van der Waals surface area contributed by atoms with Crippen LogP contribution in [0.1, 0.15) is 45.1 Å². The van der Waals surface area contributed by atoms with Gasteiger partial charge in [0.25, 0.3) is 0 Å². The number of halogens is 1. The predicted molar refractivity (Wildman–Crippen MR) is 81.0 cm³/mol. The Morgan fingerprint density at radius 2 is 2.21 bits per heavy atom. The summed E-state index contributed by atoms with van der Waals surface area (Å²) >= 11 is 6.28. The summed E-state index contributed by atoms with van der Waals surface area (Å²) in [6, 6.07) is 4.29. The number of rotatable bonds is 6. The van der Waals surface area contributed by atoms with E-state index in [4.69, 9.17) is 11.6 Å². The number of hydrogen-bond acceptors (Lipinski definition) is 2. The van der Waals surface area contributed by atoms with Crippen LogP contribution in [0.25, 0.3) is 0 Å². The topological polar surface area (TPSA) is 41.1 Å². The molecule has 3 nitrogen and oxygen atoms in total. The van der Waals surface area contributed by atoms with Crippen LogP contribution in [0, 0.1) is 0 Å². The van der Waals surface area contributed by atoms with Gasteiger partial charge in [-0.2, -0.15) is 0 Å². The Morgan fingerprint density at radius 3 is 2.89 bits per heavy atom. The van der Waals surface area contributed by atoms with Gasteiger partial charge in [0.2, 0.25) is 5.91 Å². The molecule has 0 fully saturated rings. The number of carbonyl (C=O) groups is 1. The van der Waals surface area contributed by atoms with Crippen LogP contribution < -0.4 is 10.6 Å². The maximum atomic E-state index is 11.4. The average Bonchev–Trinajstić information content (AvgIpc) is 2.73. The van der Waals surface area contributed by atoms with Gasteiger partial charge in [-0.1, -0.05) is 38.3 Å². The van der Waals surface area contributed by atoms with Crippen LogP contribution in [0.3, 0.4) is 0 Å². The first-order valence-corrected chi connectivity index (χ1v) is 7.40. The molecule has 1 unspecified atom stereocenters. The van der Waals surface area contributed by atoms with Gasteiger partial charge in [0, 0.05) is 11.7 Å². The third-order valence-electron chi connectivity index (χ3n) is 3.58. The van der Waals surface area contributed by atoms with Crippen molar-refractivity contribution in [2.24, 2.45) is 0 Å². The molecule has 0 saturated heterocycles. The molecule has 0 bridgehead atoms. The van der Waals surface area contributed by atoms with Gasteiger partial charge in [-0.05, 0) is 30.5 Å². The highest BCUT2D eigenvalue weighted by Crippen LogP contribution is 2.33. The zero-order chi connectivity index (χ0) is 13.8. The number of fused-ring (bicyclic) bond motifs is 1. The fourth-order valence-electron chi connectivity index (χ4n) is 2.41. The number of amides is 1. The number of unbranched alkanes of at least 4 members (excludes halogenated alkanes) is 1. The minimum atomic E-state index is 0.0428. The van der Waals surface area contributed by atoms with Crippen LogP contribution in [-0.4, -0.2) is 11.9 Å². The molecular formula is C15H21ClN2O. The fourth-order valence-corrected chi connectivity index (χ4v) is 2.63. The second-order valence-electron chi connectivity index (χ2n) is 5.11. The van der Waals surface area contributed by atoms with Crippen molar-refractivity contribution >= 4 is 28.9 Å². The van der Waals surface area contributed by atoms with Crippen LogP contribution in [0.2, 0.25) is 5.02 Å². The minimum absolute atomic E-state index is 0.0428. The van der Waals surface area contributed by atoms with E-state index in [0.717, 1.165) is 29.8 Å². The zero-order valence-corrected chi connectivity index (χ0v) is 12.3. The summed E-state index contributed by atoms with van der Waals surface area (Å²) < 4.78 is 0. The van der Waals surface area contributed by atoms with Gasteiger partial charge < -0.3 is 10.6 Å². The molecule has 4 heteroatoms. The number of hydrogen-bond donors (Lipinski definition) is 2. The van der Waals surface area contributed by atoms with E-state index in [9.17, 15) is 4.79 Å². The highest BCUT2D eigenvalue weighted by atomic mass is 35.5. The van der Waals surface area contributed by atoms with E-state index in [1.807, 2.05) is 12.1 Å². The molecule has 0 aromatic heterocycles. The first-order chi connectivity index (χ1) is 9.13. The normalized spacial score (nSPS) is 15.0. The lowest BCUT2D eigenvalue weighted by Crippen LogP contribution is -2.18. The van der Waals surface area contributed by atoms with E-state index < -0.39 is 0 Å². The molecule has 1 atom stereocenters. The molecule has 104 valence electrons. The van der Waals surface area contributed by atoms with Gasteiger partial charge in [-0.15, -0.1) is 0 Å². The first kappa shape index (κ1) is 14.2. The Bertz CT molecular complexity index is 473. The summed E-state index contributed by atoms with van der Waals surface area (Å²) in [6.07, 6.45) is 5.09. The van der Waals surface area contributed by atoms with Crippen molar-refractivity contribution in [1.29, 1.82) is 0 Å². The van der Waals surface area contributed by atoms with Gasteiger partial charge >= 0.3 is 0 Å². The van der Waals surface area contributed by atoms with Gasteiger partial charge in [0.15, 0.2) is 0 Å². The molecule has 1 aromatic rings. The lowest BCUT2D eigenvalue weighted by atomic mass is 10.1. The molecule has 0 aliphatic carbocycles. The van der Waals surface area contributed by atoms with Gasteiger partial charge in [0.05, 0.1) is 17.1 Å². The standard InChI is InChI=1S/C15H21ClN2O/c1-3-5-6-11(4-2)17-14-7-10-8-15(19)18-13(10)9-12(14)16/h7,9,11,17H,3-6,8H2,1-2H3,(H,18,19). The van der Waals surface area contributed by atoms with Crippen LogP contribution >= 0.6 is 11.6 Å². The lowest BCUT2D eigenvalue weighted by molar-refractivity contribution is -0.115. The van der Waals surface area contributed by atoms with Crippen molar-refractivity contribution in [3.8, 4) is 0 Å². The quantitative estimate of drug-likeness (QED) is 0.819. The maximum absolute atomic E-state index is 11.4. The number of carbonyl (C=O) groups excluding carboxylic acids is 1. The molecular weight excluding hydrogens is 260 g/mol. The van der Waals surface area contributed by atoms with E-state index in [0.29, 0.717) is 17.5 Å². The Hall–Kier alpha value is -1.22. The first-order valence-electron chi connectivity index (χ1n) is 7.02. The van der Waals surface area contributed by atoms with E-state index in [2.05, 4.69) is 24.5 Å². The maximum Gasteiger partial charge on any atom is 0.228 e. The Balaban J connectivity index is 2.12. The monoisotopic (exact) mass is 280 g/mol. The van der Waals surface area contributed by atoms with Crippen molar-refractivity contribution in [2.45, 2.75) is 52.0 Å². The van der Waals surface area contributed by atoms with Crippen LogP contribution in [-0.2, 0) is 11.2 Å². The molecule has 2 N–H and O–H groups in total. The molecule has 2 rings (SSSR count). The van der Waals surface area contributed by atoms with Crippen LogP contribution in [0.15, 0.2) is 12.1 Å². The van der Waals surface area contributed by atoms with Gasteiger partial charge in [-0.3, -0.25) is 4.79 Å². The van der Waals surface area contributed by atoms with Crippen molar-refractivity contribution in [2.75, 3.05) is 10.6 Å². The van der Waals surface area contributed by atoms with Gasteiger partial charge in [-0.25, -0.2) is 0 Å². The van der Waals surface area contributed by atoms with Crippen LogP contribution in [0.5, 0.6) is 0 Å². The van der Waals surface area contributed by atoms with E-state index in [1.54, 1.807) is 0 Å². The van der Waals surface area contributed by atoms with Crippen molar-refractivity contribution in [3.63, 3.8) is 0 Å². The summed E-state index contributed by atoms with van der Waals surface area (Å²) in [4.78, 5) is 11.4. The lowest BCUT2D eigenvalue weighted by Gasteiger charge is -2.19. The highest BCUT2D eigenvalue weighted by molar-refractivity contribution is 6.33.